The molecule has 1 aromatic heterocycles. The van der Waals surface area contributed by atoms with Gasteiger partial charge in [0.1, 0.15) is 11.6 Å². The van der Waals surface area contributed by atoms with Gasteiger partial charge in [-0.05, 0) is 23.3 Å². The van der Waals surface area contributed by atoms with E-state index in [1.54, 1.807) is 18.3 Å². The summed E-state index contributed by atoms with van der Waals surface area (Å²) < 4.78 is 26.1. The summed E-state index contributed by atoms with van der Waals surface area (Å²) in [6.07, 6.45) is 2.36. The molecular formula is C13H11F2NO. The van der Waals surface area contributed by atoms with E-state index in [2.05, 4.69) is 4.98 Å². The molecule has 2 nitrogen and oxygen atoms in total. The molecular weight excluding hydrogens is 224 g/mol. The molecule has 0 fully saturated rings. The summed E-state index contributed by atoms with van der Waals surface area (Å²) >= 11 is 0. The highest BCUT2D eigenvalue weighted by Gasteiger charge is 2.12. The smallest absolute Gasteiger partial charge is 0.129 e. The van der Waals surface area contributed by atoms with Gasteiger partial charge < -0.3 is 5.11 Å². The van der Waals surface area contributed by atoms with Gasteiger partial charge in [-0.2, -0.15) is 0 Å². The number of hydrogen-bond acceptors (Lipinski definition) is 2. The van der Waals surface area contributed by atoms with Crippen molar-refractivity contribution < 1.29 is 13.9 Å². The fourth-order valence-corrected chi connectivity index (χ4v) is 1.59. The van der Waals surface area contributed by atoms with Crippen LogP contribution in [0, 0.1) is 11.6 Å². The summed E-state index contributed by atoms with van der Waals surface area (Å²) in [5.74, 6) is -1.27. The number of rotatable bonds is 3. The van der Waals surface area contributed by atoms with Crippen LogP contribution in [0.15, 0.2) is 42.7 Å². The van der Waals surface area contributed by atoms with E-state index >= 15 is 0 Å². The summed E-state index contributed by atoms with van der Waals surface area (Å²) in [4.78, 5) is 3.87. The van der Waals surface area contributed by atoms with Gasteiger partial charge >= 0.3 is 0 Å². The van der Waals surface area contributed by atoms with E-state index < -0.39 is 17.7 Å². The summed E-state index contributed by atoms with van der Waals surface area (Å²) in [6.45, 7) is 0. The van der Waals surface area contributed by atoms with Gasteiger partial charge in [0.25, 0.3) is 0 Å². The molecule has 2 aromatic rings. The molecule has 0 radical (unpaired) electrons. The minimum absolute atomic E-state index is 0.0950. The monoisotopic (exact) mass is 235 g/mol. The van der Waals surface area contributed by atoms with Crippen LogP contribution in [0.25, 0.3) is 0 Å². The lowest BCUT2D eigenvalue weighted by Gasteiger charge is -2.11. The minimum atomic E-state index is -0.844. The molecule has 1 aromatic carbocycles. The predicted octanol–water partition coefficient (Wildman–Crippen LogP) is 2.64. The van der Waals surface area contributed by atoms with Gasteiger partial charge in [0.2, 0.25) is 0 Å². The fraction of sp³-hybridized carbons (Fsp3) is 0.154. The van der Waals surface area contributed by atoms with Crippen LogP contribution in [0.3, 0.4) is 0 Å². The van der Waals surface area contributed by atoms with Gasteiger partial charge in [0, 0.05) is 24.9 Å². The van der Waals surface area contributed by atoms with Gasteiger partial charge in [-0.15, -0.1) is 0 Å². The van der Waals surface area contributed by atoms with Crippen molar-refractivity contribution in [2.75, 3.05) is 0 Å². The third-order valence-corrected chi connectivity index (χ3v) is 2.50. The molecule has 2 rings (SSSR count). The molecule has 1 N–H and O–H groups in total. The van der Waals surface area contributed by atoms with Crippen LogP contribution in [0.1, 0.15) is 17.2 Å². The van der Waals surface area contributed by atoms with E-state index in [0.717, 1.165) is 6.07 Å². The Labute approximate surface area is 97.6 Å². The van der Waals surface area contributed by atoms with Gasteiger partial charge in [-0.25, -0.2) is 8.78 Å². The van der Waals surface area contributed by atoms with Crippen LogP contribution in [-0.4, -0.2) is 10.1 Å². The Kier molecular flexibility index (Phi) is 3.44. The van der Waals surface area contributed by atoms with Crippen molar-refractivity contribution >= 4 is 0 Å². The Morgan fingerprint density at radius 1 is 1.24 bits per heavy atom. The zero-order valence-corrected chi connectivity index (χ0v) is 8.98. The highest BCUT2D eigenvalue weighted by Crippen LogP contribution is 2.19. The molecule has 88 valence electrons. The summed E-state index contributed by atoms with van der Waals surface area (Å²) in [7, 11) is 0. The molecule has 0 aliphatic carbocycles. The zero-order valence-electron chi connectivity index (χ0n) is 8.98. The van der Waals surface area contributed by atoms with Crippen molar-refractivity contribution in [3.05, 3.63) is 65.5 Å². The molecule has 0 amide bonds. The van der Waals surface area contributed by atoms with Crippen molar-refractivity contribution in [1.29, 1.82) is 0 Å². The van der Waals surface area contributed by atoms with Crippen LogP contribution in [0.2, 0.25) is 0 Å². The summed E-state index contributed by atoms with van der Waals surface area (Å²) in [5.41, 5.74) is 0.888. The Bertz CT molecular complexity index is 502. The number of aromatic nitrogens is 1. The zero-order chi connectivity index (χ0) is 12.3. The van der Waals surface area contributed by atoms with E-state index in [1.807, 2.05) is 0 Å². The maximum atomic E-state index is 13.4. The molecule has 0 saturated carbocycles. The Morgan fingerprint density at radius 2 is 2.06 bits per heavy atom. The normalized spacial score (nSPS) is 12.4. The quantitative estimate of drug-likeness (QED) is 0.887. The van der Waals surface area contributed by atoms with Gasteiger partial charge in [-0.1, -0.05) is 12.1 Å². The first-order valence-electron chi connectivity index (χ1n) is 5.19. The molecule has 0 spiro atoms. The highest BCUT2D eigenvalue weighted by molar-refractivity contribution is 5.22. The van der Waals surface area contributed by atoms with E-state index in [1.165, 1.54) is 18.3 Å². The van der Waals surface area contributed by atoms with Crippen molar-refractivity contribution in [1.82, 2.24) is 4.98 Å². The third-order valence-electron chi connectivity index (χ3n) is 2.50. The van der Waals surface area contributed by atoms with Crippen LogP contribution < -0.4 is 0 Å². The molecule has 1 heterocycles. The third kappa shape index (κ3) is 2.85. The number of aliphatic hydroxyl groups is 1. The number of benzene rings is 1. The van der Waals surface area contributed by atoms with Gasteiger partial charge in [-0.3, -0.25) is 4.98 Å². The number of halogens is 2. The van der Waals surface area contributed by atoms with E-state index in [4.69, 9.17) is 0 Å². The number of pyridine rings is 1. The summed E-state index contributed by atoms with van der Waals surface area (Å²) in [6, 6.07) is 6.72. The molecule has 0 aliphatic rings. The Hall–Kier alpha value is -1.81. The van der Waals surface area contributed by atoms with Crippen molar-refractivity contribution in [3.8, 4) is 0 Å². The van der Waals surface area contributed by atoms with Gasteiger partial charge in [0.15, 0.2) is 0 Å². The van der Waals surface area contributed by atoms with Crippen molar-refractivity contribution in [2.45, 2.75) is 12.5 Å². The Morgan fingerprint density at radius 3 is 2.71 bits per heavy atom. The second kappa shape index (κ2) is 5.01. The first-order chi connectivity index (χ1) is 8.16. The number of nitrogens with zero attached hydrogens (tertiary/aromatic N) is 1. The molecule has 1 unspecified atom stereocenters. The molecule has 0 aliphatic heterocycles. The lowest BCUT2D eigenvalue weighted by molar-refractivity contribution is 0.176. The van der Waals surface area contributed by atoms with E-state index in [0.29, 0.717) is 5.56 Å². The molecule has 1 atom stereocenters. The van der Waals surface area contributed by atoms with Crippen LogP contribution >= 0.6 is 0 Å². The molecule has 17 heavy (non-hydrogen) atoms. The average molecular weight is 235 g/mol. The highest BCUT2D eigenvalue weighted by atomic mass is 19.1. The largest absolute Gasteiger partial charge is 0.388 e. The SMILES string of the molecule is OC(Cc1ccc(F)cc1F)c1cccnc1. The second-order valence-corrected chi connectivity index (χ2v) is 3.74. The second-order valence-electron chi connectivity index (χ2n) is 3.74. The van der Waals surface area contributed by atoms with Crippen LogP contribution in [-0.2, 0) is 6.42 Å². The molecule has 4 heteroatoms. The van der Waals surface area contributed by atoms with Crippen molar-refractivity contribution in [3.63, 3.8) is 0 Å². The molecule has 0 saturated heterocycles. The predicted molar refractivity (Wildman–Crippen MR) is 59.3 cm³/mol. The minimum Gasteiger partial charge on any atom is -0.388 e. The lowest BCUT2D eigenvalue weighted by Crippen LogP contribution is -2.04. The Balaban J connectivity index is 2.16. The van der Waals surface area contributed by atoms with Crippen molar-refractivity contribution in [2.24, 2.45) is 0 Å². The van der Waals surface area contributed by atoms with Crippen LogP contribution in [0.4, 0.5) is 8.78 Å². The van der Waals surface area contributed by atoms with E-state index in [-0.39, 0.29) is 12.0 Å². The van der Waals surface area contributed by atoms with Crippen LogP contribution in [0.5, 0.6) is 0 Å². The molecule has 0 bridgehead atoms. The maximum absolute atomic E-state index is 13.4. The topological polar surface area (TPSA) is 33.1 Å². The average Bonchev–Trinajstić information content (AvgIpc) is 2.34. The lowest BCUT2D eigenvalue weighted by atomic mass is 10.0. The fourth-order valence-electron chi connectivity index (χ4n) is 1.59. The number of hydrogen-bond donors (Lipinski definition) is 1. The first-order valence-corrected chi connectivity index (χ1v) is 5.19. The standard InChI is InChI=1S/C13H11F2NO/c14-11-4-3-9(12(15)7-11)6-13(17)10-2-1-5-16-8-10/h1-5,7-8,13,17H,6H2. The summed E-state index contributed by atoms with van der Waals surface area (Å²) in [5, 5.41) is 9.87. The number of aliphatic hydroxyl groups excluding tert-OH is 1. The van der Waals surface area contributed by atoms with Gasteiger partial charge in [0.05, 0.1) is 6.10 Å². The van der Waals surface area contributed by atoms with E-state index in [9.17, 15) is 13.9 Å². The first kappa shape index (κ1) is 11.7. The maximum Gasteiger partial charge on any atom is 0.129 e.